The molecule has 6 atom stereocenters. The molecule has 9 nitrogen and oxygen atoms in total. The van der Waals surface area contributed by atoms with Crippen molar-refractivity contribution in [1.29, 1.82) is 0 Å². The molecule has 1 aliphatic heterocycles. The molecular formula is C42H32O9. The second-order valence-electron chi connectivity index (χ2n) is 13.7. The van der Waals surface area contributed by atoms with E-state index in [-0.39, 0.29) is 46.0 Å². The lowest BCUT2D eigenvalue weighted by atomic mass is 9.69. The van der Waals surface area contributed by atoms with Crippen LogP contribution in [0.25, 0.3) is 0 Å². The minimum absolute atomic E-state index is 0.0537. The summed E-state index contributed by atoms with van der Waals surface area (Å²) in [6.07, 6.45) is -0.693. The van der Waals surface area contributed by atoms with Gasteiger partial charge >= 0.3 is 0 Å². The fraction of sp³-hybridized carbons (Fsp3) is 0.143. The molecule has 6 aromatic rings. The normalized spacial score (nSPS) is 22.5. The van der Waals surface area contributed by atoms with Crippen LogP contribution in [-0.4, -0.2) is 40.9 Å². The van der Waals surface area contributed by atoms with E-state index in [0.717, 1.165) is 27.8 Å². The topological polar surface area (TPSA) is 171 Å². The third kappa shape index (κ3) is 4.61. The lowest BCUT2D eigenvalue weighted by Crippen LogP contribution is -2.20. The summed E-state index contributed by atoms with van der Waals surface area (Å²) in [5.41, 5.74) is 6.00. The van der Waals surface area contributed by atoms with Gasteiger partial charge in [-0.05, 0) is 88.0 Å². The van der Waals surface area contributed by atoms with Gasteiger partial charge in [0.1, 0.15) is 57.8 Å². The van der Waals surface area contributed by atoms with Gasteiger partial charge in [0.15, 0.2) is 0 Å². The number of phenols is 8. The predicted molar refractivity (Wildman–Crippen MR) is 186 cm³/mol. The second kappa shape index (κ2) is 11.0. The molecule has 0 radical (unpaired) electrons. The number of aromatic hydroxyl groups is 8. The highest BCUT2D eigenvalue weighted by Gasteiger charge is 2.56. The molecule has 254 valence electrons. The van der Waals surface area contributed by atoms with Crippen LogP contribution in [0.2, 0.25) is 0 Å². The molecule has 2 aliphatic carbocycles. The van der Waals surface area contributed by atoms with E-state index in [9.17, 15) is 40.9 Å². The van der Waals surface area contributed by atoms with Gasteiger partial charge in [0.05, 0.1) is 5.92 Å². The van der Waals surface area contributed by atoms with Crippen molar-refractivity contribution in [3.63, 3.8) is 0 Å². The van der Waals surface area contributed by atoms with Crippen LogP contribution in [0.1, 0.15) is 85.8 Å². The number of hydrogen-bond acceptors (Lipinski definition) is 9. The van der Waals surface area contributed by atoms with E-state index in [1.807, 2.05) is 12.1 Å². The molecule has 0 fully saturated rings. The van der Waals surface area contributed by atoms with Crippen molar-refractivity contribution in [3.8, 4) is 51.7 Å². The van der Waals surface area contributed by atoms with Gasteiger partial charge in [0.25, 0.3) is 0 Å². The summed E-state index contributed by atoms with van der Waals surface area (Å²) in [6.45, 7) is 0. The molecule has 0 unspecified atom stereocenters. The Morgan fingerprint density at radius 2 is 0.863 bits per heavy atom. The summed E-state index contributed by atoms with van der Waals surface area (Å²) in [7, 11) is 0. The van der Waals surface area contributed by atoms with Crippen LogP contribution in [0.15, 0.2) is 109 Å². The Kier molecular flexibility index (Phi) is 6.60. The van der Waals surface area contributed by atoms with Crippen LogP contribution in [0.5, 0.6) is 51.7 Å². The maximum atomic E-state index is 12.1. The number of phenolic OH excluding ortho intramolecular Hbond substituents is 8. The summed E-state index contributed by atoms with van der Waals surface area (Å²) in [5.74, 6) is -3.02. The zero-order valence-corrected chi connectivity index (χ0v) is 26.8. The summed E-state index contributed by atoms with van der Waals surface area (Å²) in [6, 6.07) is 29.1. The molecule has 9 heteroatoms. The van der Waals surface area contributed by atoms with E-state index < -0.39 is 35.7 Å². The maximum Gasteiger partial charge on any atom is 0.135 e. The van der Waals surface area contributed by atoms with Crippen molar-refractivity contribution >= 4 is 0 Å². The smallest absolute Gasteiger partial charge is 0.135 e. The Morgan fingerprint density at radius 3 is 1.47 bits per heavy atom. The summed E-state index contributed by atoms with van der Waals surface area (Å²) in [4.78, 5) is 0. The summed E-state index contributed by atoms with van der Waals surface area (Å²) in [5, 5.41) is 87.5. The quantitative estimate of drug-likeness (QED) is 0.0927. The van der Waals surface area contributed by atoms with E-state index in [2.05, 4.69) is 0 Å². The van der Waals surface area contributed by atoms with Gasteiger partial charge in [0.2, 0.25) is 0 Å². The fourth-order valence-corrected chi connectivity index (χ4v) is 9.08. The number of fused-ring (bicyclic) bond motifs is 2. The largest absolute Gasteiger partial charge is 0.508 e. The average Bonchev–Trinajstić information content (AvgIpc) is 3.60. The molecule has 0 amide bonds. The van der Waals surface area contributed by atoms with Crippen LogP contribution >= 0.6 is 0 Å². The van der Waals surface area contributed by atoms with E-state index in [0.29, 0.717) is 28.0 Å². The Morgan fingerprint density at radius 1 is 0.353 bits per heavy atom. The fourth-order valence-electron chi connectivity index (χ4n) is 9.08. The highest BCUT2D eigenvalue weighted by molar-refractivity contribution is 5.72. The molecule has 0 saturated heterocycles. The van der Waals surface area contributed by atoms with Gasteiger partial charge in [-0.1, -0.05) is 36.4 Å². The average molecular weight is 681 g/mol. The van der Waals surface area contributed by atoms with Gasteiger partial charge in [-0.25, -0.2) is 0 Å². The van der Waals surface area contributed by atoms with Crippen molar-refractivity contribution in [2.45, 2.75) is 35.7 Å². The zero-order valence-electron chi connectivity index (χ0n) is 26.8. The Labute approximate surface area is 291 Å². The Bertz CT molecular complexity index is 2330. The third-order valence-corrected chi connectivity index (χ3v) is 10.9. The SMILES string of the molecule is Oc1ccc([C@@H]2c3c(O)cc(O)cc3[C@H]3c4c(cc(O)c5c4[C@@H]2[C@H](c2ccc(O)cc2)[C@H]5c2cc(O)cc(O)c2)O[C@@H]3c2ccc(O)cc2)cc1. The van der Waals surface area contributed by atoms with E-state index in [4.69, 9.17) is 4.74 Å². The molecule has 9 rings (SSSR count). The highest BCUT2D eigenvalue weighted by Crippen LogP contribution is 2.70. The minimum atomic E-state index is -0.693. The van der Waals surface area contributed by atoms with Crippen molar-refractivity contribution in [2.75, 3.05) is 0 Å². The second-order valence-corrected chi connectivity index (χ2v) is 13.7. The minimum Gasteiger partial charge on any atom is -0.508 e. The molecule has 0 saturated carbocycles. The number of ether oxygens (including phenoxy) is 1. The Hall–Kier alpha value is -6.48. The predicted octanol–water partition coefficient (Wildman–Crippen LogP) is 7.76. The zero-order chi connectivity index (χ0) is 35.3. The number of benzene rings is 6. The third-order valence-electron chi connectivity index (χ3n) is 10.9. The maximum absolute atomic E-state index is 12.1. The van der Waals surface area contributed by atoms with Gasteiger partial charge in [-0.15, -0.1) is 0 Å². The summed E-state index contributed by atoms with van der Waals surface area (Å²) >= 11 is 0. The van der Waals surface area contributed by atoms with E-state index in [1.54, 1.807) is 84.9 Å². The monoisotopic (exact) mass is 680 g/mol. The Balaban J connectivity index is 1.44. The lowest BCUT2D eigenvalue weighted by Gasteiger charge is -2.34. The van der Waals surface area contributed by atoms with Gasteiger partial charge in [-0.2, -0.15) is 0 Å². The molecule has 1 heterocycles. The first-order valence-corrected chi connectivity index (χ1v) is 16.6. The molecule has 0 spiro atoms. The number of hydrogen-bond donors (Lipinski definition) is 8. The summed E-state index contributed by atoms with van der Waals surface area (Å²) < 4.78 is 6.70. The first-order chi connectivity index (χ1) is 24.6. The van der Waals surface area contributed by atoms with Crippen molar-refractivity contribution in [3.05, 3.63) is 159 Å². The van der Waals surface area contributed by atoms with Gasteiger partial charge < -0.3 is 45.6 Å². The van der Waals surface area contributed by atoms with Crippen LogP contribution in [0.4, 0.5) is 0 Å². The molecule has 3 aliphatic rings. The van der Waals surface area contributed by atoms with Crippen LogP contribution in [-0.2, 0) is 0 Å². The molecule has 8 N–H and O–H groups in total. The molecule has 0 bridgehead atoms. The molecule has 6 aromatic carbocycles. The van der Waals surface area contributed by atoms with E-state index in [1.165, 1.54) is 12.1 Å². The lowest BCUT2D eigenvalue weighted by molar-refractivity contribution is 0.221. The van der Waals surface area contributed by atoms with Gasteiger partial charge in [0, 0.05) is 58.6 Å². The van der Waals surface area contributed by atoms with Crippen LogP contribution < -0.4 is 4.74 Å². The highest BCUT2D eigenvalue weighted by atomic mass is 16.5. The van der Waals surface area contributed by atoms with Crippen LogP contribution in [0.3, 0.4) is 0 Å². The molecular weight excluding hydrogens is 648 g/mol. The molecule has 0 aromatic heterocycles. The van der Waals surface area contributed by atoms with Gasteiger partial charge in [-0.3, -0.25) is 0 Å². The molecule has 51 heavy (non-hydrogen) atoms. The first kappa shape index (κ1) is 30.6. The standard InChI is InChI=1S/C42H32O9/c43-23-7-1-19(2-8-23)33-35(22-13-26(46)15-27(47)14-22)38-31(50)18-32-39-37(42(51-32)21-5-11-25(45)12-6-21)29-16-28(48)17-30(49)36(29)34(40(33)41(38)39)20-3-9-24(44)10-4-20/h1-18,33-35,37,40,42-50H/t33-,34-,35-,37+,40-,42-/m1/s1. The van der Waals surface area contributed by atoms with Crippen molar-refractivity contribution in [1.82, 2.24) is 0 Å². The van der Waals surface area contributed by atoms with Crippen molar-refractivity contribution < 1.29 is 45.6 Å². The first-order valence-electron chi connectivity index (χ1n) is 16.6. The van der Waals surface area contributed by atoms with Crippen molar-refractivity contribution in [2.24, 2.45) is 0 Å². The van der Waals surface area contributed by atoms with E-state index >= 15 is 0 Å². The number of rotatable bonds is 4. The van der Waals surface area contributed by atoms with Crippen LogP contribution in [0, 0.1) is 0 Å².